The number of rotatable bonds is 6. The molecular formula is C22H22ClN3O6S. The van der Waals surface area contributed by atoms with E-state index in [-0.39, 0.29) is 28.4 Å². The van der Waals surface area contributed by atoms with E-state index in [2.05, 4.69) is 5.32 Å². The highest BCUT2D eigenvalue weighted by atomic mass is 35.5. The van der Waals surface area contributed by atoms with Gasteiger partial charge in [-0.2, -0.15) is 9.57 Å². The molecule has 1 fully saturated rings. The topological polar surface area (TPSA) is 137 Å². The van der Waals surface area contributed by atoms with Crippen LogP contribution in [0.4, 0.5) is 5.69 Å². The number of esters is 1. The van der Waals surface area contributed by atoms with E-state index < -0.39 is 40.7 Å². The number of nitriles is 1. The van der Waals surface area contributed by atoms with Gasteiger partial charge in [-0.25, -0.2) is 8.42 Å². The zero-order valence-electron chi connectivity index (χ0n) is 17.9. The van der Waals surface area contributed by atoms with Crippen LogP contribution in [-0.4, -0.2) is 55.0 Å². The molecule has 2 aromatic rings. The molecule has 1 saturated heterocycles. The Labute approximate surface area is 196 Å². The van der Waals surface area contributed by atoms with Gasteiger partial charge < -0.3 is 15.2 Å². The van der Waals surface area contributed by atoms with Gasteiger partial charge in [-0.15, -0.1) is 0 Å². The minimum atomic E-state index is -4.07. The van der Waals surface area contributed by atoms with Gasteiger partial charge in [-0.05, 0) is 55.3 Å². The lowest BCUT2D eigenvalue weighted by Gasteiger charge is -2.22. The number of ether oxygens (including phenoxy) is 1. The Balaban J connectivity index is 1.68. The van der Waals surface area contributed by atoms with Crippen molar-refractivity contribution in [1.82, 2.24) is 4.31 Å². The number of benzene rings is 2. The number of nitrogens with one attached hydrogen (secondary N) is 1. The van der Waals surface area contributed by atoms with Crippen molar-refractivity contribution in [2.45, 2.75) is 37.3 Å². The molecule has 0 bridgehead atoms. The number of β-amino-alcohol motifs (C(OH)–C–C–N with tert-alkyl or cyclic N) is 1. The molecule has 9 nitrogen and oxygen atoms in total. The van der Waals surface area contributed by atoms with Crippen molar-refractivity contribution in [1.29, 1.82) is 5.26 Å². The lowest BCUT2D eigenvalue weighted by atomic mass is 10.1. The number of hydrogen-bond acceptors (Lipinski definition) is 7. The number of hydrogen-bond donors (Lipinski definition) is 2. The third-order valence-corrected chi connectivity index (χ3v) is 7.49. The standard InChI is InChI=1S/C22H22ClN3O6S/c1-13-3-6-18(7-14(13)2)33(30,31)26-11-17(27)9-20(26)22(29)32-12-21(28)25-16-5-4-15(10-24)19(23)8-16/h3-8,17,20,27H,9,11-12H2,1-2H3,(H,25,28)/t17?,20-/m0/s1. The Morgan fingerprint density at radius 1 is 1.24 bits per heavy atom. The van der Waals surface area contributed by atoms with Gasteiger partial charge in [0.2, 0.25) is 10.0 Å². The maximum Gasteiger partial charge on any atom is 0.325 e. The van der Waals surface area contributed by atoms with Crippen LogP contribution in [0.25, 0.3) is 0 Å². The lowest BCUT2D eigenvalue weighted by molar-refractivity contribution is -0.150. The summed E-state index contributed by atoms with van der Waals surface area (Å²) in [4.78, 5) is 24.8. The van der Waals surface area contributed by atoms with Gasteiger partial charge in [-0.3, -0.25) is 9.59 Å². The maximum absolute atomic E-state index is 13.1. The monoisotopic (exact) mass is 491 g/mol. The average Bonchev–Trinajstić information content (AvgIpc) is 3.16. The predicted molar refractivity (Wildman–Crippen MR) is 120 cm³/mol. The second kappa shape index (κ2) is 9.89. The normalized spacial score (nSPS) is 18.5. The van der Waals surface area contributed by atoms with Gasteiger partial charge in [0, 0.05) is 18.7 Å². The molecule has 1 amide bonds. The molecule has 0 aliphatic carbocycles. The van der Waals surface area contributed by atoms with Crippen LogP contribution in [0, 0.1) is 25.2 Å². The fraction of sp³-hybridized carbons (Fsp3) is 0.318. The fourth-order valence-electron chi connectivity index (χ4n) is 3.39. The molecule has 2 N–H and O–H groups in total. The fourth-order valence-corrected chi connectivity index (χ4v) is 5.32. The maximum atomic E-state index is 13.1. The molecule has 2 aromatic carbocycles. The van der Waals surface area contributed by atoms with Crippen molar-refractivity contribution in [3.8, 4) is 6.07 Å². The number of carbonyl (C=O) groups is 2. The molecule has 1 unspecified atom stereocenters. The first-order valence-corrected chi connectivity index (χ1v) is 11.8. The summed E-state index contributed by atoms with van der Waals surface area (Å²) >= 11 is 5.92. The van der Waals surface area contributed by atoms with Crippen molar-refractivity contribution >= 4 is 39.2 Å². The van der Waals surface area contributed by atoms with Gasteiger partial charge in [0.15, 0.2) is 6.61 Å². The van der Waals surface area contributed by atoms with E-state index in [1.165, 1.54) is 30.3 Å². The SMILES string of the molecule is Cc1ccc(S(=O)(=O)N2CC(O)C[C@H]2C(=O)OCC(=O)Nc2ccc(C#N)c(Cl)c2)cc1C. The van der Waals surface area contributed by atoms with E-state index in [9.17, 15) is 23.1 Å². The summed E-state index contributed by atoms with van der Waals surface area (Å²) in [6, 6.07) is 9.54. The average molecular weight is 492 g/mol. The highest BCUT2D eigenvalue weighted by Crippen LogP contribution is 2.28. The van der Waals surface area contributed by atoms with E-state index in [0.29, 0.717) is 5.69 Å². The molecule has 0 spiro atoms. The van der Waals surface area contributed by atoms with E-state index >= 15 is 0 Å². The molecule has 1 aliphatic heterocycles. The van der Waals surface area contributed by atoms with Gasteiger partial charge in [0.1, 0.15) is 12.1 Å². The minimum Gasteiger partial charge on any atom is -0.454 e. The van der Waals surface area contributed by atoms with Crippen LogP contribution in [0.2, 0.25) is 5.02 Å². The molecule has 11 heteroatoms. The van der Waals surface area contributed by atoms with Crippen molar-refractivity contribution in [3.63, 3.8) is 0 Å². The van der Waals surface area contributed by atoms with Gasteiger partial charge in [0.05, 0.1) is 21.6 Å². The number of amides is 1. The smallest absolute Gasteiger partial charge is 0.325 e. The summed E-state index contributed by atoms with van der Waals surface area (Å²) in [5.74, 6) is -1.61. The Kier molecular flexibility index (Phi) is 7.39. The van der Waals surface area contributed by atoms with E-state index in [1.54, 1.807) is 13.0 Å². The van der Waals surface area contributed by atoms with Gasteiger partial charge >= 0.3 is 5.97 Å². The summed E-state index contributed by atoms with van der Waals surface area (Å²) in [5.41, 5.74) is 2.23. The van der Waals surface area contributed by atoms with Gasteiger partial charge in [-0.1, -0.05) is 17.7 Å². The number of aryl methyl sites for hydroxylation is 2. The van der Waals surface area contributed by atoms with Crippen molar-refractivity contribution in [3.05, 3.63) is 58.1 Å². The number of aliphatic hydroxyl groups excluding tert-OH is 1. The van der Waals surface area contributed by atoms with Crippen molar-refractivity contribution in [2.75, 3.05) is 18.5 Å². The first kappa shape index (κ1) is 24.7. The molecule has 1 aliphatic rings. The van der Waals surface area contributed by atoms with Crippen LogP contribution in [0.3, 0.4) is 0 Å². The van der Waals surface area contributed by atoms with Crippen LogP contribution in [0.5, 0.6) is 0 Å². The van der Waals surface area contributed by atoms with E-state index in [1.807, 2.05) is 13.0 Å². The number of carbonyl (C=O) groups excluding carboxylic acids is 2. The number of nitrogens with zero attached hydrogens (tertiary/aromatic N) is 2. The third-order valence-electron chi connectivity index (χ3n) is 5.31. The molecule has 0 saturated carbocycles. The first-order chi connectivity index (χ1) is 15.5. The summed E-state index contributed by atoms with van der Waals surface area (Å²) in [5, 5.41) is 21.6. The molecule has 33 heavy (non-hydrogen) atoms. The Bertz CT molecular complexity index is 1240. The molecule has 1 heterocycles. The number of sulfonamides is 1. The summed E-state index contributed by atoms with van der Waals surface area (Å²) < 4.78 is 32.2. The zero-order chi connectivity index (χ0) is 24.3. The summed E-state index contributed by atoms with van der Waals surface area (Å²) in [6.45, 7) is 2.70. The van der Waals surface area contributed by atoms with Crippen LogP contribution >= 0.6 is 11.6 Å². The summed E-state index contributed by atoms with van der Waals surface area (Å²) in [6.07, 6.45) is -1.19. The van der Waals surface area contributed by atoms with Crippen LogP contribution in [-0.2, 0) is 24.3 Å². The largest absolute Gasteiger partial charge is 0.454 e. The van der Waals surface area contributed by atoms with Crippen molar-refractivity contribution < 1.29 is 27.9 Å². The number of aliphatic hydroxyl groups is 1. The number of anilines is 1. The van der Waals surface area contributed by atoms with E-state index in [0.717, 1.165) is 15.4 Å². The molecule has 3 rings (SSSR count). The van der Waals surface area contributed by atoms with E-state index in [4.69, 9.17) is 21.6 Å². The Morgan fingerprint density at radius 3 is 2.61 bits per heavy atom. The first-order valence-electron chi connectivity index (χ1n) is 9.96. The second-order valence-corrected chi connectivity index (χ2v) is 9.99. The molecule has 2 atom stereocenters. The quantitative estimate of drug-likeness (QED) is 0.590. The highest BCUT2D eigenvalue weighted by Gasteiger charge is 2.44. The number of halogens is 1. The molecule has 0 aromatic heterocycles. The third kappa shape index (κ3) is 5.51. The Morgan fingerprint density at radius 2 is 1.97 bits per heavy atom. The molecular weight excluding hydrogens is 470 g/mol. The predicted octanol–water partition coefficient (Wildman–Crippen LogP) is 2.13. The van der Waals surface area contributed by atoms with Crippen LogP contribution in [0.1, 0.15) is 23.1 Å². The van der Waals surface area contributed by atoms with Crippen LogP contribution in [0.15, 0.2) is 41.3 Å². The zero-order valence-corrected chi connectivity index (χ0v) is 19.5. The van der Waals surface area contributed by atoms with Crippen molar-refractivity contribution in [2.24, 2.45) is 0 Å². The van der Waals surface area contributed by atoms with Gasteiger partial charge in [0.25, 0.3) is 5.91 Å². The summed E-state index contributed by atoms with van der Waals surface area (Å²) in [7, 11) is -4.07. The molecule has 174 valence electrons. The second-order valence-electron chi connectivity index (χ2n) is 7.69. The minimum absolute atomic E-state index is 0.00735. The van der Waals surface area contributed by atoms with Crippen LogP contribution < -0.4 is 5.32 Å². The lowest BCUT2D eigenvalue weighted by Crippen LogP contribution is -2.42. The Hall–Kier alpha value is -2.97. The molecule has 0 radical (unpaired) electrons. The highest BCUT2D eigenvalue weighted by molar-refractivity contribution is 7.89.